The summed E-state index contributed by atoms with van der Waals surface area (Å²) < 4.78 is 5.80. The third-order valence-corrected chi connectivity index (χ3v) is 3.34. The van der Waals surface area contributed by atoms with Crippen LogP contribution in [0.4, 0.5) is 0 Å². The maximum Gasteiger partial charge on any atom is 0.0828 e. The van der Waals surface area contributed by atoms with Crippen molar-refractivity contribution in [2.75, 3.05) is 6.61 Å². The highest BCUT2D eigenvalue weighted by molar-refractivity contribution is 5.83. The van der Waals surface area contributed by atoms with E-state index in [9.17, 15) is 0 Å². The van der Waals surface area contributed by atoms with E-state index < -0.39 is 0 Å². The van der Waals surface area contributed by atoms with Gasteiger partial charge in [0.05, 0.1) is 12.7 Å². The van der Waals surface area contributed by atoms with Crippen molar-refractivity contribution in [2.45, 2.75) is 19.4 Å². The Morgan fingerprint density at radius 3 is 2.62 bits per heavy atom. The van der Waals surface area contributed by atoms with Gasteiger partial charge in [-0.1, -0.05) is 43.3 Å². The highest BCUT2D eigenvalue weighted by Gasteiger charge is 2.23. The van der Waals surface area contributed by atoms with E-state index in [2.05, 4.69) is 49.4 Å². The largest absolute Gasteiger partial charge is 0.373 e. The molecule has 0 unspecified atom stereocenters. The van der Waals surface area contributed by atoms with Gasteiger partial charge in [-0.15, -0.1) is 0 Å². The summed E-state index contributed by atoms with van der Waals surface area (Å²) in [6.07, 6.45) is 1.46. The van der Waals surface area contributed by atoms with Crippen LogP contribution in [0.15, 0.2) is 42.5 Å². The van der Waals surface area contributed by atoms with Gasteiger partial charge in [-0.3, -0.25) is 0 Å². The van der Waals surface area contributed by atoms with Crippen molar-refractivity contribution in [2.24, 2.45) is 5.92 Å². The molecule has 3 rings (SSSR count). The normalized spacial score (nSPS) is 25.1. The molecule has 0 bridgehead atoms. The Hall–Kier alpha value is -1.34. The third-order valence-electron chi connectivity index (χ3n) is 3.34. The predicted molar refractivity (Wildman–Crippen MR) is 66.4 cm³/mol. The lowest BCUT2D eigenvalue weighted by Crippen LogP contribution is -1.95. The van der Waals surface area contributed by atoms with Crippen molar-refractivity contribution < 1.29 is 4.74 Å². The summed E-state index contributed by atoms with van der Waals surface area (Å²) in [5.41, 5.74) is 1.32. The maximum absolute atomic E-state index is 5.80. The van der Waals surface area contributed by atoms with Crippen molar-refractivity contribution in [3.8, 4) is 0 Å². The van der Waals surface area contributed by atoms with Crippen LogP contribution >= 0.6 is 0 Å². The Morgan fingerprint density at radius 2 is 1.88 bits per heavy atom. The van der Waals surface area contributed by atoms with Crippen molar-refractivity contribution >= 4 is 10.8 Å². The first kappa shape index (κ1) is 9.86. The molecular weight excluding hydrogens is 196 g/mol. The summed E-state index contributed by atoms with van der Waals surface area (Å²) >= 11 is 0. The number of ether oxygens (including phenoxy) is 1. The van der Waals surface area contributed by atoms with E-state index in [-0.39, 0.29) is 0 Å². The van der Waals surface area contributed by atoms with E-state index in [0.717, 1.165) is 13.0 Å². The van der Waals surface area contributed by atoms with Gasteiger partial charge >= 0.3 is 0 Å². The van der Waals surface area contributed by atoms with Gasteiger partial charge in [0.15, 0.2) is 0 Å². The smallest absolute Gasteiger partial charge is 0.0828 e. The molecule has 1 heteroatoms. The lowest BCUT2D eigenvalue weighted by molar-refractivity contribution is 0.108. The minimum absolute atomic E-state index is 0.305. The first-order chi connectivity index (χ1) is 7.83. The van der Waals surface area contributed by atoms with Crippen molar-refractivity contribution in [1.82, 2.24) is 0 Å². The third kappa shape index (κ3) is 1.72. The topological polar surface area (TPSA) is 9.23 Å². The SMILES string of the molecule is C[C@H]1CO[C@H](c2ccc3ccccc3c2)C1. The number of fused-ring (bicyclic) bond motifs is 1. The fourth-order valence-corrected chi connectivity index (χ4v) is 2.42. The lowest BCUT2D eigenvalue weighted by Gasteiger charge is -2.10. The summed E-state index contributed by atoms with van der Waals surface area (Å²) in [5.74, 6) is 0.691. The summed E-state index contributed by atoms with van der Waals surface area (Å²) in [5, 5.41) is 2.61. The van der Waals surface area contributed by atoms with Crippen LogP contribution in [0.25, 0.3) is 10.8 Å². The minimum Gasteiger partial charge on any atom is -0.373 e. The summed E-state index contributed by atoms with van der Waals surface area (Å²) in [6.45, 7) is 3.15. The number of hydrogen-bond acceptors (Lipinski definition) is 1. The molecule has 0 spiro atoms. The second-order valence-corrected chi connectivity index (χ2v) is 4.77. The van der Waals surface area contributed by atoms with Gasteiger partial charge in [0.25, 0.3) is 0 Å². The zero-order valence-electron chi connectivity index (χ0n) is 9.52. The molecule has 16 heavy (non-hydrogen) atoms. The van der Waals surface area contributed by atoms with E-state index in [1.807, 2.05) is 0 Å². The monoisotopic (exact) mass is 212 g/mol. The molecule has 2 atom stereocenters. The minimum atomic E-state index is 0.305. The Kier molecular flexibility index (Phi) is 2.41. The molecular formula is C15H16O. The zero-order chi connectivity index (χ0) is 11.0. The molecule has 2 aromatic carbocycles. The highest BCUT2D eigenvalue weighted by Crippen LogP contribution is 2.33. The molecule has 0 aromatic heterocycles. The Morgan fingerprint density at radius 1 is 1.06 bits per heavy atom. The standard InChI is InChI=1S/C15H16O/c1-11-8-15(16-10-11)14-7-6-12-4-2-3-5-13(12)9-14/h2-7,9,11,15H,8,10H2,1H3/t11-,15+/m1/s1. The first-order valence-electron chi connectivity index (χ1n) is 5.93. The lowest BCUT2D eigenvalue weighted by atomic mass is 9.99. The van der Waals surface area contributed by atoms with Gasteiger partial charge in [-0.05, 0) is 34.7 Å². The van der Waals surface area contributed by atoms with E-state index in [0.29, 0.717) is 12.0 Å². The van der Waals surface area contributed by atoms with Gasteiger partial charge in [-0.25, -0.2) is 0 Å². The average molecular weight is 212 g/mol. The Bertz CT molecular complexity index is 504. The molecule has 1 saturated heterocycles. The number of hydrogen-bond donors (Lipinski definition) is 0. The second-order valence-electron chi connectivity index (χ2n) is 4.77. The fraction of sp³-hybridized carbons (Fsp3) is 0.333. The second kappa shape index (κ2) is 3.91. The van der Waals surface area contributed by atoms with Crippen LogP contribution in [-0.4, -0.2) is 6.61 Å². The molecule has 1 aliphatic rings. The molecule has 0 aliphatic carbocycles. The van der Waals surface area contributed by atoms with Crippen LogP contribution in [0.2, 0.25) is 0 Å². The number of rotatable bonds is 1. The van der Waals surface area contributed by atoms with Gasteiger partial charge in [0, 0.05) is 0 Å². The number of benzene rings is 2. The van der Waals surface area contributed by atoms with Gasteiger partial charge in [-0.2, -0.15) is 0 Å². The van der Waals surface area contributed by atoms with Gasteiger partial charge in [0.1, 0.15) is 0 Å². The van der Waals surface area contributed by atoms with Crippen LogP contribution in [0.3, 0.4) is 0 Å². The van der Waals surface area contributed by atoms with Crippen LogP contribution in [0.5, 0.6) is 0 Å². The summed E-state index contributed by atoms with van der Waals surface area (Å²) in [6, 6.07) is 15.1. The molecule has 1 nitrogen and oxygen atoms in total. The molecule has 82 valence electrons. The highest BCUT2D eigenvalue weighted by atomic mass is 16.5. The van der Waals surface area contributed by atoms with E-state index in [1.54, 1.807) is 0 Å². The molecule has 1 heterocycles. The Balaban J connectivity index is 1.99. The molecule has 0 saturated carbocycles. The molecule has 1 aliphatic heterocycles. The summed E-state index contributed by atoms with van der Waals surface area (Å²) in [7, 11) is 0. The van der Waals surface area contributed by atoms with Crippen molar-refractivity contribution in [3.63, 3.8) is 0 Å². The fourth-order valence-electron chi connectivity index (χ4n) is 2.42. The van der Waals surface area contributed by atoms with Gasteiger partial charge < -0.3 is 4.74 Å². The zero-order valence-corrected chi connectivity index (χ0v) is 9.52. The maximum atomic E-state index is 5.80. The summed E-state index contributed by atoms with van der Waals surface area (Å²) in [4.78, 5) is 0. The first-order valence-corrected chi connectivity index (χ1v) is 5.93. The van der Waals surface area contributed by atoms with Crippen LogP contribution in [0.1, 0.15) is 25.0 Å². The van der Waals surface area contributed by atoms with Crippen molar-refractivity contribution in [1.29, 1.82) is 0 Å². The quantitative estimate of drug-likeness (QED) is 0.695. The van der Waals surface area contributed by atoms with Crippen LogP contribution in [0, 0.1) is 5.92 Å². The van der Waals surface area contributed by atoms with E-state index in [1.165, 1.54) is 16.3 Å². The molecule has 2 aromatic rings. The van der Waals surface area contributed by atoms with Crippen molar-refractivity contribution in [3.05, 3.63) is 48.0 Å². The predicted octanol–water partition coefficient (Wildman–Crippen LogP) is 3.94. The molecule has 1 fully saturated rings. The van der Waals surface area contributed by atoms with Gasteiger partial charge in [0.2, 0.25) is 0 Å². The van der Waals surface area contributed by atoms with E-state index >= 15 is 0 Å². The van der Waals surface area contributed by atoms with E-state index in [4.69, 9.17) is 4.74 Å². The van der Waals surface area contributed by atoms with Crippen LogP contribution in [-0.2, 0) is 4.74 Å². The molecule has 0 N–H and O–H groups in total. The average Bonchev–Trinajstić information content (AvgIpc) is 2.75. The molecule has 0 amide bonds. The molecule has 0 radical (unpaired) electrons. The Labute approximate surface area is 96.0 Å². The van der Waals surface area contributed by atoms with Crippen LogP contribution < -0.4 is 0 Å².